The normalized spacial score (nSPS) is 17.4. The summed E-state index contributed by atoms with van der Waals surface area (Å²) >= 11 is 0. The van der Waals surface area contributed by atoms with Crippen LogP contribution < -0.4 is 15.8 Å². The van der Waals surface area contributed by atoms with Crippen molar-refractivity contribution < 1.29 is 24.2 Å². The van der Waals surface area contributed by atoms with Gasteiger partial charge in [-0.3, -0.25) is 9.59 Å². The number of carbonyl (C=O) groups is 3. The summed E-state index contributed by atoms with van der Waals surface area (Å²) in [6, 6.07) is 9.04. The van der Waals surface area contributed by atoms with E-state index in [0.29, 0.717) is 35.1 Å². The number of amides is 1. The summed E-state index contributed by atoms with van der Waals surface area (Å²) in [5, 5.41) is 28.2. The SMILES string of the molecule is C#CCN(c1ccccc1C(=O)N[C@@H](CCC1(CC(C=O)OC)N=NN=N1)C(=O)O)[C@@H]1CCc2cc3nc(C)[nH]c(=O)c3cc21. The number of ether oxygens (including phenoxy) is 1. The molecule has 14 heteroatoms. The highest BCUT2D eigenvalue weighted by Crippen LogP contribution is 2.40. The van der Waals surface area contributed by atoms with Crippen molar-refractivity contribution in [2.45, 2.75) is 62.9 Å². The fourth-order valence-electron chi connectivity index (χ4n) is 5.93. The molecule has 1 aliphatic carbocycles. The molecule has 1 amide bonds. The van der Waals surface area contributed by atoms with Crippen LogP contribution in [0.5, 0.6) is 0 Å². The lowest BCUT2D eigenvalue weighted by Crippen LogP contribution is -2.43. The van der Waals surface area contributed by atoms with Crippen LogP contribution in [-0.2, 0) is 20.7 Å². The zero-order valence-electron chi connectivity index (χ0n) is 24.8. The Hall–Kier alpha value is -5.29. The van der Waals surface area contributed by atoms with E-state index < -0.39 is 29.7 Å². The summed E-state index contributed by atoms with van der Waals surface area (Å²) in [6.45, 7) is 1.89. The number of H-pyrrole nitrogens is 1. The number of nitrogens with one attached hydrogen (secondary N) is 2. The van der Waals surface area contributed by atoms with Crippen molar-refractivity contribution in [3.8, 4) is 12.3 Å². The minimum Gasteiger partial charge on any atom is -0.480 e. The first-order valence-corrected chi connectivity index (χ1v) is 14.4. The van der Waals surface area contributed by atoms with Crippen LogP contribution in [0.25, 0.3) is 10.9 Å². The predicted octanol–water partition coefficient (Wildman–Crippen LogP) is 3.46. The Balaban J connectivity index is 1.41. The molecule has 3 atom stereocenters. The number of aryl methyl sites for hydroxylation is 2. The first kappa shape index (κ1) is 31.1. The maximum absolute atomic E-state index is 13.7. The summed E-state index contributed by atoms with van der Waals surface area (Å²) < 4.78 is 5.12. The van der Waals surface area contributed by atoms with Gasteiger partial charge in [-0.1, -0.05) is 18.1 Å². The number of hydrogen-bond donors (Lipinski definition) is 3. The summed E-state index contributed by atoms with van der Waals surface area (Å²) in [6.07, 6.45) is 6.95. The van der Waals surface area contributed by atoms with Crippen molar-refractivity contribution >= 4 is 34.8 Å². The second-order valence-corrected chi connectivity index (χ2v) is 11.0. The number of rotatable bonds is 13. The van der Waals surface area contributed by atoms with Gasteiger partial charge in [-0.2, -0.15) is 0 Å². The fraction of sp³-hybridized carbons (Fsp3) is 0.387. The van der Waals surface area contributed by atoms with Gasteiger partial charge in [0.25, 0.3) is 11.5 Å². The van der Waals surface area contributed by atoms with E-state index in [1.807, 2.05) is 17.0 Å². The number of carboxylic acid groups (broad SMARTS) is 1. The summed E-state index contributed by atoms with van der Waals surface area (Å²) in [5.41, 5.74) is 1.82. The van der Waals surface area contributed by atoms with E-state index in [2.05, 4.69) is 41.9 Å². The van der Waals surface area contributed by atoms with E-state index in [4.69, 9.17) is 11.2 Å². The van der Waals surface area contributed by atoms with Crippen molar-refractivity contribution in [2.75, 3.05) is 18.6 Å². The molecule has 45 heavy (non-hydrogen) atoms. The van der Waals surface area contributed by atoms with Gasteiger partial charge < -0.3 is 29.8 Å². The van der Waals surface area contributed by atoms with Crippen LogP contribution in [0.1, 0.15) is 59.0 Å². The number of hydrogen-bond acceptors (Lipinski definition) is 11. The van der Waals surface area contributed by atoms with E-state index >= 15 is 0 Å². The number of aldehydes is 1. The molecule has 232 valence electrons. The number of nitrogens with zero attached hydrogens (tertiary/aromatic N) is 6. The van der Waals surface area contributed by atoms with Gasteiger partial charge in [0.05, 0.1) is 34.7 Å². The molecule has 0 spiro atoms. The van der Waals surface area contributed by atoms with E-state index in [-0.39, 0.29) is 43.0 Å². The van der Waals surface area contributed by atoms with Gasteiger partial charge in [-0.05, 0) is 78.4 Å². The van der Waals surface area contributed by atoms with Gasteiger partial charge in [-0.25, -0.2) is 9.78 Å². The zero-order valence-corrected chi connectivity index (χ0v) is 24.8. The Bertz CT molecular complexity index is 1780. The smallest absolute Gasteiger partial charge is 0.326 e. The number of methoxy groups -OCH3 is 1. The molecule has 3 N–H and O–H groups in total. The Morgan fingerprint density at radius 3 is 2.73 bits per heavy atom. The van der Waals surface area contributed by atoms with Crippen molar-refractivity contribution in [3.63, 3.8) is 0 Å². The fourth-order valence-corrected chi connectivity index (χ4v) is 5.93. The molecule has 14 nitrogen and oxygen atoms in total. The lowest BCUT2D eigenvalue weighted by atomic mass is 9.95. The number of aromatic amines is 1. The quantitative estimate of drug-likeness (QED) is 0.193. The number of carbonyl (C=O) groups excluding carboxylic acids is 2. The van der Waals surface area contributed by atoms with Crippen molar-refractivity contribution in [3.05, 3.63) is 69.3 Å². The lowest BCUT2D eigenvalue weighted by molar-refractivity contribution is -0.139. The van der Waals surface area contributed by atoms with Gasteiger partial charge in [-0.15, -0.1) is 16.7 Å². The first-order chi connectivity index (χ1) is 21.7. The zero-order chi connectivity index (χ0) is 32.1. The van der Waals surface area contributed by atoms with Crippen molar-refractivity contribution in [1.29, 1.82) is 0 Å². The molecular weight excluding hydrogens is 580 g/mol. The Labute approximate surface area is 258 Å². The second-order valence-electron chi connectivity index (χ2n) is 11.0. The third-order valence-electron chi connectivity index (χ3n) is 8.15. The van der Waals surface area contributed by atoms with Gasteiger partial charge in [0, 0.05) is 13.5 Å². The molecule has 0 saturated heterocycles. The molecule has 0 radical (unpaired) electrons. The number of terminal acetylenes is 1. The Morgan fingerprint density at radius 2 is 2.04 bits per heavy atom. The Morgan fingerprint density at radius 1 is 1.29 bits per heavy atom. The molecule has 0 bridgehead atoms. The molecule has 1 aliphatic heterocycles. The van der Waals surface area contributed by atoms with Crippen molar-refractivity contribution in [1.82, 2.24) is 15.3 Å². The number of para-hydroxylation sites is 1. The second kappa shape index (κ2) is 13.1. The molecule has 2 heterocycles. The standard InChI is InChI=1S/C31H32N8O6/c1-4-13-39(27-10-9-19-14-25-23(15-22(19)27)29(42)33-18(2)32-25)26-8-6-5-7-21(26)28(41)34-24(30(43)44)11-12-31(35-37-38-36-31)16-20(17-40)45-3/h1,5-8,14-15,17,20,24,27H,9-13,16H2,2-3H3,(H,34,41)(H,43,44)(H,32,33,42)/t20?,24-,27+/m0/s1. The van der Waals surface area contributed by atoms with Crippen LogP contribution in [0.4, 0.5) is 5.69 Å². The summed E-state index contributed by atoms with van der Waals surface area (Å²) in [4.78, 5) is 59.2. The molecule has 0 fully saturated rings. The maximum Gasteiger partial charge on any atom is 0.326 e. The number of carboxylic acids is 1. The largest absolute Gasteiger partial charge is 0.480 e. The van der Waals surface area contributed by atoms with Gasteiger partial charge >= 0.3 is 5.97 Å². The predicted molar refractivity (Wildman–Crippen MR) is 163 cm³/mol. The van der Waals surface area contributed by atoms with E-state index in [9.17, 15) is 24.3 Å². The highest BCUT2D eigenvalue weighted by atomic mass is 16.5. The van der Waals surface area contributed by atoms with Gasteiger partial charge in [0.2, 0.25) is 0 Å². The van der Waals surface area contributed by atoms with E-state index in [0.717, 1.165) is 17.5 Å². The molecule has 3 aromatic rings. The number of aliphatic carboxylic acids is 1. The highest BCUT2D eigenvalue weighted by molar-refractivity contribution is 6.01. The van der Waals surface area contributed by atoms with E-state index in [1.54, 1.807) is 31.2 Å². The third kappa shape index (κ3) is 6.48. The minimum absolute atomic E-state index is 0.0177. The number of anilines is 1. The average Bonchev–Trinajstić information content (AvgIpc) is 3.66. The van der Waals surface area contributed by atoms with Gasteiger partial charge in [0.15, 0.2) is 5.66 Å². The highest BCUT2D eigenvalue weighted by Gasteiger charge is 2.38. The van der Waals surface area contributed by atoms with Crippen LogP contribution in [0.3, 0.4) is 0 Å². The first-order valence-electron chi connectivity index (χ1n) is 14.4. The maximum atomic E-state index is 13.7. The third-order valence-corrected chi connectivity index (χ3v) is 8.15. The Kier molecular flexibility index (Phi) is 9.10. The summed E-state index contributed by atoms with van der Waals surface area (Å²) in [7, 11) is 1.36. The number of benzene rings is 2. The van der Waals surface area contributed by atoms with Crippen LogP contribution in [0.15, 0.2) is 61.9 Å². The van der Waals surface area contributed by atoms with Crippen LogP contribution >= 0.6 is 0 Å². The van der Waals surface area contributed by atoms with Crippen molar-refractivity contribution in [2.24, 2.45) is 20.7 Å². The van der Waals surface area contributed by atoms with E-state index in [1.165, 1.54) is 7.11 Å². The summed E-state index contributed by atoms with van der Waals surface area (Å²) in [5.74, 6) is 1.34. The number of fused-ring (bicyclic) bond motifs is 2. The molecule has 1 aromatic heterocycles. The molecule has 1 unspecified atom stereocenters. The molecule has 0 saturated carbocycles. The molecule has 2 aliphatic rings. The van der Waals surface area contributed by atoms with Crippen LogP contribution in [0, 0.1) is 19.3 Å². The average molecular weight is 613 g/mol. The van der Waals surface area contributed by atoms with Crippen LogP contribution in [0.2, 0.25) is 0 Å². The van der Waals surface area contributed by atoms with Gasteiger partial charge in [0.1, 0.15) is 24.3 Å². The lowest BCUT2D eigenvalue weighted by Gasteiger charge is -2.32. The molecule has 5 rings (SSSR count). The number of aromatic nitrogens is 2. The molecular formula is C31H32N8O6. The monoisotopic (exact) mass is 612 g/mol. The minimum atomic E-state index is -1.31. The van der Waals surface area contributed by atoms with Crippen LogP contribution in [-0.4, -0.2) is 64.7 Å². The topological polar surface area (TPSA) is 191 Å². The molecule has 2 aromatic carbocycles.